The highest BCUT2D eigenvalue weighted by Gasteiger charge is 2.33. The molecule has 0 aliphatic carbocycles. The Morgan fingerprint density at radius 1 is 1.19 bits per heavy atom. The summed E-state index contributed by atoms with van der Waals surface area (Å²) in [7, 11) is 0. The molecule has 3 aromatic rings. The van der Waals surface area contributed by atoms with Gasteiger partial charge in [-0.3, -0.25) is 4.79 Å². The quantitative estimate of drug-likeness (QED) is 0.518. The number of aromatic nitrogens is 2. The van der Waals surface area contributed by atoms with E-state index < -0.39 is 17.6 Å². The zero-order valence-corrected chi connectivity index (χ0v) is 18.7. The Kier molecular flexibility index (Phi) is 6.39. The Hall–Kier alpha value is -2.65. The number of benzene rings is 2. The van der Waals surface area contributed by atoms with Crippen LogP contribution in [-0.2, 0) is 12.6 Å². The van der Waals surface area contributed by atoms with Gasteiger partial charge in [0.15, 0.2) is 0 Å². The SMILES string of the molecule is CC1CN(c2nc(Cc3ccc(Cl)cc3)ns2)CCN1C(=O)c1cccc(C(F)(F)F)c1. The van der Waals surface area contributed by atoms with Crippen molar-refractivity contribution in [1.82, 2.24) is 14.3 Å². The van der Waals surface area contributed by atoms with Crippen LogP contribution in [0.2, 0.25) is 5.02 Å². The molecule has 168 valence electrons. The predicted octanol–water partition coefficient (Wildman–Crippen LogP) is 5.15. The van der Waals surface area contributed by atoms with Gasteiger partial charge in [0.25, 0.3) is 5.91 Å². The zero-order chi connectivity index (χ0) is 22.9. The molecule has 1 unspecified atom stereocenters. The molecular formula is C22H20ClF3N4OS. The van der Waals surface area contributed by atoms with Crippen LogP contribution in [0.3, 0.4) is 0 Å². The number of rotatable bonds is 4. The van der Waals surface area contributed by atoms with E-state index in [-0.39, 0.29) is 11.6 Å². The molecule has 5 nitrogen and oxygen atoms in total. The van der Waals surface area contributed by atoms with Crippen LogP contribution in [0.5, 0.6) is 0 Å². The third-order valence-electron chi connectivity index (χ3n) is 5.33. The molecule has 10 heteroatoms. The Balaban J connectivity index is 1.41. The summed E-state index contributed by atoms with van der Waals surface area (Å²) < 4.78 is 43.4. The van der Waals surface area contributed by atoms with Gasteiger partial charge in [-0.25, -0.2) is 4.98 Å². The molecule has 0 spiro atoms. The van der Waals surface area contributed by atoms with E-state index in [0.717, 1.165) is 22.8 Å². The highest BCUT2D eigenvalue weighted by atomic mass is 35.5. The minimum atomic E-state index is -4.48. The number of hydrogen-bond donors (Lipinski definition) is 0. The fraction of sp³-hybridized carbons (Fsp3) is 0.318. The number of anilines is 1. The molecule has 1 fully saturated rings. The van der Waals surface area contributed by atoms with Crippen molar-refractivity contribution in [2.45, 2.75) is 25.6 Å². The lowest BCUT2D eigenvalue weighted by Crippen LogP contribution is -2.54. The summed E-state index contributed by atoms with van der Waals surface area (Å²) in [5.41, 5.74) is 0.279. The van der Waals surface area contributed by atoms with Gasteiger partial charge in [-0.2, -0.15) is 17.5 Å². The Labute approximate surface area is 192 Å². The Bertz CT molecular complexity index is 1100. The van der Waals surface area contributed by atoms with Crippen molar-refractivity contribution < 1.29 is 18.0 Å². The van der Waals surface area contributed by atoms with Crippen molar-refractivity contribution in [3.05, 3.63) is 76.1 Å². The normalized spacial score (nSPS) is 17.0. The number of alkyl halides is 3. The van der Waals surface area contributed by atoms with Gasteiger partial charge in [0, 0.05) is 54.2 Å². The van der Waals surface area contributed by atoms with Crippen LogP contribution >= 0.6 is 23.1 Å². The third-order valence-corrected chi connectivity index (χ3v) is 6.40. The molecule has 0 saturated carbocycles. The summed E-state index contributed by atoms with van der Waals surface area (Å²) in [4.78, 5) is 21.2. The van der Waals surface area contributed by atoms with Gasteiger partial charge in [-0.15, -0.1) is 0 Å². The van der Waals surface area contributed by atoms with Crippen LogP contribution < -0.4 is 4.90 Å². The molecule has 1 aliphatic heterocycles. The molecule has 1 amide bonds. The first-order chi connectivity index (χ1) is 15.2. The second-order valence-corrected chi connectivity index (χ2v) is 8.84. The van der Waals surface area contributed by atoms with Crippen LogP contribution in [0, 0.1) is 0 Å². The average molecular weight is 481 g/mol. The number of nitrogens with zero attached hydrogens (tertiary/aromatic N) is 4. The molecule has 4 rings (SSSR count). The zero-order valence-electron chi connectivity index (χ0n) is 17.1. The summed E-state index contributed by atoms with van der Waals surface area (Å²) in [6, 6.07) is 11.9. The molecule has 2 aromatic carbocycles. The van der Waals surface area contributed by atoms with Gasteiger partial charge < -0.3 is 9.80 Å². The van der Waals surface area contributed by atoms with Crippen LogP contribution in [0.15, 0.2) is 48.5 Å². The highest BCUT2D eigenvalue weighted by Crippen LogP contribution is 2.30. The summed E-state index contributed by atoms with van der Waals surface area (Å²) in [6.07, 6.45) is -3.89. The van der Waals surface area contributed by atoms with Gasteiger partial charge in [0.1, 0.15) is 5.82 Å². The molecule has 1 aromatic heterocycles. The van der Waals surface area contributed by atoms with E-state index in [1.54, 1.807) is 4.90 Å². The van der Waals surface area contributed by atoms with Crippen molar-refractivity contribution in [1.29, 1.82) is 0 Å². The lowest BCUT2D eigenvalue weighted by Gasteiger charge is -2.39. The van der Waals surface area contributed by atoms with Gasteiger partial charge >= 0.3 is 6.18 Å². The van der Waals surface area contributed by atoms with Gasteiger partial charge in [0.2, 0.25) is 5.13 Å². The summed E-state index contributed by atoms with van der Waals surface area (Å²) in [6.45, 7) is 3.33. The van der Waals surface area contributed by atoms with Crippen molar-refractivity contribution in [2.75, 3.05) is 24.5 Å². The van der Waals surface area contributed by atoms with Crippen molar-refractivity contribution in [2.24, 2.45) is 0 Å². The summed E-state index contributed by atoms with van der Waals surface area (Å²) in [5, 5.41) is 1.44. The number of hydrogen-bond acceptors (Lipinski definition) is 5. The number of carbonyl (C=O) groups excluding carboxylic acids is 1. The van der Waals surface area contributed by atoms with Gasteiger partial charge in [-0.05, 0) is 42.8 Å². The lowest BCUT2D eigenvalue weighted by molar-refractivity contribution is -0.137. The number of piperazine rings is 1. The van der Waals surface area contributed by atoms with Crippen LogP contribution in [0.1, 0.15) is 34.2 Å². The Morgan fingerprint density at radius 2 is 1.94 bits per heavy atom. The second-order valence-electron chi connectivity index (χ2n) is 7.67. The Morgan fingerprint density at radius 3 is 2.62 bits per heavy atom. The minimum Gasteiger partial charge on any atom is -0.343 e. The van der Waals surface area contributed by atoms with Crippen LogP contribution in [0.4, 0.5) is 18.3 Å². The van der Waals surface area contributed by atoms with E-state index in [1.165, 1.54) is 23.7 Å². The first kappa shape index (κ1) is 22.5. The van der Waals surface area contributed by atoms with Crippen molar-refractivity contribution >= 4 is 34.2 Å². The molecule has 1 saturated heterocycles. The number of halogens is 4. The molecule has 2 heterocycles. The van der Waals surface area contributed by atoms with Crippen LogP contribution in [-0.4, -0.2) is 45.8 Å². The molecule has 1 atom stereocenters. The average Bonchev–Trinajstić information content (AvgIpc) is 3.23. The molecule has 0 radical (unpaired) electrons. The summed E-state index contributed by atoms with van der Waals surface area (Å²) in [5.74, 6) is 0.311. The van der Waals surface area contributed by atoms with Crippen molar-refractivity contribution in [3.8, 4) is 0 Å². The van der Waals surface area contributed by atoms with E-state index >= 15 is 0 Å². The minimum absolute atomic E-state index is 0.0429. The first-order valence-electron chi connectivity index (χ1n) is 10.0. The van der Waals surface area contributed by atoms with Gasteiger partial charge in [0.05, 0.1) is 5.56 Å². The highest BCUT2D eigenvalue weighted by molar-refractivity contribution is 7.09. The first-order valence-corrected chi connectivity index (χ1v) is 11.2. The maximum Gasteiger partial charge on any atom is 0.416 e. The molecule has 0 N–H and O–H groups in total. The molecule has 32 heavy (non-hydrogen) atoms. The fourth-order valence-electron chi connectivity index (χ4n) is 3.66. The van der Waals surface area contributed by atoms with Crippen molar-refractivity contribution in [3.63, 3.8) is 0 Å². The standard InChI is InChI=1S/C22H20ClF3N4OS/c1-14-13-29(21-27-19(28-32-21)11-15-5-7-18(23)8-6-15)9-10-30(14)20(31)16-3-2-4-17(12-16)22(24,25)26/h2-8,12,14H,9-11,13H2,1H3. The molecule has 0 bridgehead atoms. The van der Waals surface area contributed by atoms with E-state index in [2.05, 4.69) is 14.3 Å². The van der Waals surface area contributed by atoms with E-state index in [9.17, 15) is 18.0 Å². The van der Waals surface area contributed by atoms with Gasteiger partial charge in [-0.1, -0.05) is 29.8 Å². The number of carbonyl (C=O) groups is 1. The smallest absolute Gasteiger partial charge is 0.343 e. The molecule has 1 aliphatic rings. The maximum atomic E-state index is 13.0. The fourth-order valence-corrected chi connectivity index (χ4v) is 4.50. The largest absolute Gasteiger partial charge is 0.416 e. The second kappa shape index (κ2) is 9.07. The lowest BCUT2D eigenvalue weighted by atomic mass is 10.1. The van der Waals surface area contributed by atoms with E-state index in [1.807, 2.05) is 31.2 Å². The molecular weight excluding hydrogens is 461 g/mol. The number of amides is 1. The topological polar surface area (TPSA) is 49.3 Å². The monoisotopic (exact) mass is 480 g/mol. The van der Waals surface area contributed by atoms with E-state index in [4.69, 9.17) is 11.6 Å². The maximum absolute atomic E-state index is 13.0. The predicted molar refractivity (Wildman–Crippen MR) is 118 cm³/mol. The summed E-state index contributed by atoms with van der Waals surface area (Å²) >= 11 is 7.22. The van der Waals surface area contributed by atoms with Crippen LogP contribution in [0.25, 0.3) is 0 Å². The third kappa shape index (κ3) is 5.05. The van der Waals surface area contributed by atoms with E-state index in [0.29, 0.717) is 36.9 Å².